The third-order valence-corrected chi connectivity index (χ3v) is 3.42. The molecule has 0 atom stereocenters. The van der Waals surface area contributed by atoms with E-state index in [1.165, 1.54) is 24.4 Å². The van der Waals surface area contributed by atoms with Crippen molar-refractivity contribution in [1.82, 2.24) is 20.0 Å². The maximum atomic E-state index is 13.4. The van der Waals surface area contributed by atoms with Crippen LogP contribution in [0.3, 0.4) is 0 Å². The van der Waals surface area contributed by atoms with Gasteiger partial charge in [0.25, 0.3) is 0 Å². The fraction of sp³-hybridized carbons (Fsp3) is 0.214. The molecule has 0 saturated carbocycles. The molecule has 144 valence electrons. The van der Waals surface area contributed by atoms with Crippen LogP contribution < -0.4 is 16.8 Å². The lowest BCUT2D eigenvalue weighted by Crippen LogP contribution is -2.14. The van der Waals surface area contributed by atoms with Crippen LogP contribution in [0, 0.1) is 17.3 Å². The van der Waals surface area contributed by atoms with Crippen LogP contribution >= 0.6 is 28.6 Å². The van der Waals surface area contributed by atoms with E-state index >= 15 is 0 Å². The average Bonchev–Trinajstić information content (AvgIpc) is 3.26. The molecular formula is C14H15BrFN7O3S. The Balaban J connectivity index is 0.000000665. The van der Waals surface area contributed by atoms with Crippen molar-refractivity contribution in [3.8, 4) is 23.4 Å². The summed E-state index contributed by atoms with van der Waals surface area (Å²) in [6.07, 6.45) is 2.94. The molecule has 0 aliphatic rings. The summed E-state index contributed by atoms with van der Waals surface area (Å²) >= 11 is 6.60. The first-order chi connectivity index (χ1) is 13.0. The molecular weight excluding hydrogens is 445 g/mol. The van der Waals surface area contributed by atoms with E-state index in [0.29, 0.717) is 18.1 Å². The standard InChI is InChI=1S/C12H9BrFN5O3.CH2N2.CH4S/c1-2-15-10-9(16-22-17-10)11-18-21-12(20)19(11)6-3-4-8(14)7(13)5-6;2-1-3;1-2/h3-5H,2H2,1H3,(H,15,17);2H2;2H,1H3. The largest absolute Gasteiger partial charge is 0.446 e. The molecule has 0 unspecified atom stereocenters. The summed E-state index contributed by atoms with van der Waals surface area (Å²) in [4.78, 5) is 11.9. The second-order valence-electron chi connectivity index (χ2n) is 4.33. The first kappa shape index (κ1) is 22.2. The van der Waals surface area contributed by atoms with Crippen LogP contribution in [0.1, 0.15) is 6.92 Å². The Morgan fingerprint density at radius 2 is 2.07 bits per heavy atom. The van der Waals surface area contributed by atoms with Crippen LogP contribution in [0.15, 0.2) is 36.6 Å². The summed E-state index contributed by atoms with van der Waals surface area (Å²) in [5, 5.41) is 21.1. The van der Waals surface area contributed by atoms with Crippen molar-refractivity contribution in [2.75, 3.05) is 18.1 Å². The molecule has 0 fully saturated rings. The van der Waals surface area contributed by atoms with Gasteiger partial charge in [0.15, 0.2) is 11.9 Å². The molecule has 2 aromatic heterocycles. The number of nitrogens with two attached hydrogens (primary N) is 1. The van der Waals surface area contributed by atoms with Gasteiger partial charge in [0.2, 0.25) is 11.6 Å². The van der Waals surface area contributed by atoms with Gasteiger partial charge in [-0.25, -0.2) is 18.4 Å². The van der Waals surface area contributed by atoms with Crippen molar-refractivity contribution in [2.45, 2.75) is 6.92 Å². The molecule has 0 aliphatic carbocycles. The number of aromatic nitrogens is 4. The average molecular weight is 460 g/mol. The van der Waals surface area contributed by atoms with Gasteiger partial charge in [0.05, 0.1) is 10.2 Å². The van der Waals surface area contributed by atoms with Crippen LogP contribution in [-0.2, 0) is 0 Å². The van der Waals surface area contributed by atoms with Gasteiger partial charge in [-0.2, -0.15) is 17.9 Å². The van der Waals surface area contributed by atoms with Crippen molar-refractivity contribution >= 4 is 34.4 Å². The topological polar surface area (TPSA) is 149 Å². The van der Waals surface area contributed by atoms with Crippen LogP contribution in [0.4, 0.5) is 10.2 Å². The van der Waals surface area contributed by atoms with Crippen molar-refractivity contribution in [3.63, 3.8) is 0 Å². The first-order valence-corrected chi connectivity index (χ1v) is 8.87. The Bertz CT molecular complexity index is 966. The van der Waals surface area contributed by atoms with Crippen molar-refractivity contribution in [2.24, 2.45) is 5.73 Å². The number of nitrogens with one attached hydrogen (secondary N) is 1. The van der Waals surface area contributed by atoms with E-state index in [4.69, 9.17) is 5.26 Å². The number of nitriles is 1. The van der Waals surface area contributed by atoms with E-state index in [-0.39, 0.29) is 16.0 Å². The zero-order valence-corrected chi connectivity index (χ0v) is 16.7. The molecule has 13 heteroatoms. The summed E-state index contributed by atoms with van der Waals surface area (Å²) in [5.41, 5.74) is 4.73. The lowest BCUT2D eigenvalue weighted by Gasteiger charge is -2.04. The highest BCUT2D eigenvalue weighted by molar-refractivity contribution is 9.10. The van der Waals surface area contributed by atoms with Gasteiger partial charge >= 0.3 is 5.76 Å². The van der Waals surface area contributed by atoms with E-state index in [1.807, 2.05) is 6.92 Å². The Kier molecular flexibility index (Phi) is 9.03. The van der Waals surface area contributed by atoms with Crippen LogP contribution in [0.25, 0.3) is 17.2 Å². The molecule has 3 rings (SSSR count). The molecule has 27 heavy (non-hydrogen) atoms. The molecule has 0 amide bonds. The van der Waals surface area contributed by atoms with Gasteiger partial charge < -0.3 is 11.1 Å². The molecule has 1 aromatic carbocycles. The van der Waals surface area contributed by atoms with Gasteiger partial charge in [-0.3, -0.25) is 4.52 Å². The van der Waals surface area contributed by atoms with E-state index < -0.39 is 11.6 Å². The van der Waals surface area contributed by atoms with Crippen molar-refractivity contribution in [3.05, 3.63) is 39.0 Å². The highest BCUT2D eigenvalue weighted by atomic mass is 79.9. The Hall–Kier alpha value is -2.85. The minimum absolute atomic E-state index is 0.0979. The number of thiol groups is 1. The van der Waals surface area contributed by atoms with E-state index in [1.54, 1.807) is 6.26 Å². The third kappa shape index (κ3) is 5.31. The molecule has 2 heterocycles. The van der Waals surface area contributed by atoms with Gasteiger partial charge in [-0.15, -0.1) is 0 Å². The van der Waals surface area contributed by atoms with Crippen LogP contribution in [0.2, 0.25) is 0 Å². The molecule has 10 nitrogen and oxygen atoms in total. The number of hydrogen-bond acceptors (Lipinski definition) is 10. The Morgan fingerprint density at radius 3 is 2.67 bits per heavy atom. The van der Waals surface area contributed by atoms with E-state index in [0.717, 1.165) is 4.57 Å². The second kappa shape index (κ2) is 11.0. The summed E-state index contributed by atoms with van der Waals surface area (Å²) in [6.45, 7) is 2.44. The van der Waals surface area contributed by atoms with Crippen molar-refractivity contribution in [1.29, 1.82) is 5.26 Å². The minimum Gasteiger partial charge on any atom is -0.366 e. The zero-order chi connectivity index (χ0) is 20.4. The summed E-state index contributed by atoms with van der Waals surface area (Å²) < 4.78 is 24.1. The molecule has 0 saturated heterocycles. The van der Waals surface area contributed by atoms with Crippen LogP contribution in [-0.4, -0.2) is 32.8 Å². The maximum absolute atomic E-state index is 13.4. The monoisotopic (exact) mass is 459 g/mol. The van der Waals surface area contributed by atoms with Gasteiger partial charge in [0.1, 0.15) is 5.82 Å². The highest BCUT2D eigenvalue weighted by Crippen LogP contribution is 2.25. The third-order valence-electron chi connectivity index (χ3n) is 2.81. The minimum atomic E-state index is -0.737. The lowest BCUT2D eigenvalue weighted by molar-refractivity contribution is 0.309. The number of anilines is 1. The molecule has 3 aromatic rings. The fourth-order valence-corrected chi connectivity index (χ4v) is 2.24. The van der Waals surface area contributed by atoms with Gasteiger partial charge in [-0.05, 0) is 57.6 Å². The lowest BCUT2D eigenvalue weighted by atomic mass is 10.3. The first-order valence-electron chi connectivity index (χ1n) is 7.18. The molecule has 0 radical (unpaired) electrons. The molecule has 0 bridgehead atoms. The smallest absolute Gasteiger partial charge is 0.366 e. The summed E-state index contributed by atoms with van der Waals surface area (Å²) in [5.74, 6) is -0.767. The number of hydrogen-bond donors (Lipinski definition) is 3. The zero-order valence-electron chi connectivity index (χ0n) is 14.2. The number of rotatable bonds is 4. The molecule has 0 aliphatic heterocycles. The van der Waals surface area contributed by atoms with Crippen LogP contribution in [0.5, 0.6) is 0 Å². The highest BCUT2D eigenvalue weighted by Gasteiger charge is 2.22. The number of benzene rings is 1. The summed E-state index contributed by atoms with van der Waals surface area (Å²) in [6, 6.07) is 4.06. The number of halogens is 2. The molecule has 0 spiro atoms. The van der Waals surface area contributed by atoms with Gasteiger partial charge in [0, 0.05) is 6.54 Å². The van der Waals surface area contributed by atoms with Crippen molar-refractivity contribution < 1.29 is 13.5 Å². The second-order valence-corrected chi connectivity index (χ2v) is 5.18. The Labute approximate surface area is 166 Å². The quantitative estimate of drug-likeness (QED) is 0.303. The van der Waals surface area contributed by atoms with E-state index in [2.05, 4.69) is 64.2 Å². The van der Waals surface area contributed by atoms with Gasteiger partial charge in [-0.1, -0.05) is 5.16 Å². The number of nitrogens with zero attached hydrogens (tertiary/aromatic N) is 5. The maximum Gasteiger partial charge on any atom is 0.446 e. The predicted molar refractivity (Wildman–Crippen MR) is 102 cm³/mol. The predicted octanol–water partition coefficient (Wildman–Crippen LogP) is 2.18. The normalized spacial score (nSPS) is 9.33. The fourth-order valence-electron chi connectivity index (χ4n) is 1.87. The van der Waals surface area contributed by atoms with E-state index in [9.17, 15) is 9.18 Å². The Morgan fingerprint density at radius 1 is 1.41 bits per heavy atom. The molecule has 3 N–H and O–H groups in total. The summed E-state index contributed by atoms with van der Waals surface area (Å²) in [7, 11) is 0. The SMILES string of the molecule is CCNc1nonc1-c1noc(=O)n1-c1ccc(F)c(Br)c1.CS.N#CN.